The fraction of sp³-hybridized carbons (Fsp3) is 0.111. The quantitative estimate of drug-likeness (QED) is 0.753. The van der Waals surface area contributed by atoms with Crippen LogP contribution in [0.1, 0.15) is 32.0 Å². The average molecular weight is 340 g/mol. The van der Waals surface area contributed by atoms with E-state index in [0.717, 1.165) is 11.1 Å². The summed E-state index contributed by atoms with van der Waals surface area (Å²) >= 11 is 1.26. The van der Waals surface area contributed by atoms with Crippen molar-refractivity contribution in [3.05, 3.63) is 64.4 Å². The number of nitrogens with two attached hydrogens (primary N) is 1. The van der Waals surface area contributed by atoms with Crippen LogP contribution in [0.2, 0.25) is 0 Å². The van der Waals surface area contributed by atoms with Gasteiger partial charge in [0.05, 0.1) is 11.8 Å². The predicted octanol–water partition coefficient (Wildman–Crippen LogP) is 3.98. The minimum atomic E-state index is -0.584. The van der Waals surface area contributed by atoms with E-state index in [1.54, 1.807) is 12.1 Å². The Labute approximate surface area is 143 Å². The molecule has 0 bridgehead atoms. The molecule has 0 saturated carbocycles. The van der Waals surface area contributed by atoms with E-state index in [0.29, 0.717) is 16.1 Å². The summed E-state index contributed by atoms with van der Waals surface area (Å²) in [6.45, 7) is 4.03. The van der Waals surface area contributed by atoms with E-state index < -0.39 is 11.8 Å². The van der Waals surface area contributed by atoms with Gasteiger partial charge in [-0.2, -0.15) is 0 Å². The highest BCUT2D eigenvalue weighted by atomic mass is 32.1. The molecule has 2 amide bonds. The van der Waals surface area contributed by atoms with Crippen LogP contribution in [0.4, 0.5) is 5.00 Å². The Morgan fingerprint density at radius 2 is 1.96 bits per heavy atom. The fourth-order valence-electron chi connectivity index (χ4n) is 2.39. The molecule has 1 aromatic carbocycles. The zero-order chi connectivity index (χ0) is 17.3. The van der Waals surface area contributed by atoms with Crippen LogP contribution in [0.5, 0.6) is 0 Å². The molecule has 0 saturated heterocycles. The number of hydrogen-bond donors (Lipinski definition) is 2. The van der Waals surface area contributed by atoms with Gasteiger partial charge in [0.15, 0.2) is 5.76 Å². The second kappa shape index (κ2) is 6.33. The molecule has 5 nitrogen and oxygen atoms in total. The zero-order valence-electron chi connectivity index (χ0n) is 13.3. The lowest BCUT2D eigenvalue weighted by Gasteiger charge is -2.07. The van der Waals surface area contributed by atoms with Crippen LogP contribution in [-0.2, 0) is 0 Å². The SMILES string of the molecule is Cc1ccc(-c2csc(NC(=O)c3ccco3)c2C(N)=O)cc1C. The summed E-state index contributed by atoms with van der Waals surface area (Å²) in [6.07, 6.45) is 1.42. The van der Waals surface area contributed by atoms with Crippen molar-refractivity contribution in [3.63, 3.8) is 0 Å². The van der Waals surface area contributed by atoms with Crippen molar-refractivity contribution >= 4 is 28.2 Å². The number of primary amides is 1. The molecule has 0 fully saturated rings. The van der Waals surface area contributed by atoms with Crippen LogP contribution in [0.3, 0.4) is 0 Å². The zero-order valence-corrected chi connectivity index (χ0v) is 14.1. The first-order valence-corrected chi connectivity index (χ1v) is 8.19. The number of hydrogen-bond acceptors (Lipinski definition) is 4. The first-order chi connectivity index (χ1) is 11.5. The molecule has 0 spiro atoms. The molecule has 0 aliphatic rings. The first-order valence-electron chi connectivity index (χ1n) is 7.31. The Morgan fingerprint density at radius 1 is 1.17 bits per heavy atom. The third kappa shape index (κ3) is 2.96. The van der Waals surface area contributed by atoms with Crippen LogP contribution in [0, 0.1) is 13.8 Å². The van der Waals surface area contributed by atoms with E-state index in [1.165, 1.54) is 23.2 Å². The predicted molar refractivity (Wildman–Crippen MR) is 94.4 cm³/mol. The van der Waals surface area contributed by atoms with Crippen molar-refractivity contribution in [3.8, 4) is 11.1 Å². The lowest BCUT2D eigenvalue weighted by Crippen LogP contribution is -2.17. The number of aryl methyl sites for hydroxylation is 2. The van der Waals surface area contributed by atoms with Crippen LogP contribution < -0.4 is 11.1 Å². The van der Waals surface area contributed by atoms with Crippen LogP contribution in [0.15, 0.2) is 46.4 Å². The summed E-state index contributed by atoms with van der Waals surface area (Å²) < 4.78 is 5.06. The first kappa shape index (κ1) is 16.0. The van der Waals surface area contributed by atoms with E-state index in [-0.39, 0.29) is 5.76 Å². The summed E-state index contributed by atoms with van der Waals surface area (Å²) in [6, 6.07) is 9.11. The molecule has 3 N–H and O–H groups in total. The van der Waals surface area contributed by atoms with E-state index in [9.17, 15) is 9.59 Å². The van der Waals surface area contributed by atoms with Gasteiger partial charge in [-0.05, 0) is 42.7 Å². The van der Waals surface area contributed by atoms with Crippen molar-refractivity contribution in [1.82, 2.24) is 0 Å². The van der Waals surface area contributed by atoms with Crippen LogP contribution >= 0.6 is 11.3 Å². The molecule has 6 heteroatoms. The molecule has 0 aliphatic carbocycles. The van der Waals surface area contributed by atoms with Crippen molar-refractivity contribution < 1.29 is 14.0 Å². The third-order valence-electron chi connectivity index (χ3n) is 3.83. The molecule has 24 heavy (non-hydrogen) atoms. The van der Waals surface area contributed by atoms with E-state index in [4.69, 9.17) is 10.2 Å². The number of carbonyl (C=O) groups excluding carboxylic acids is 2. The van der Waals surface area contributed by atoms with Gasteiger partial charge in [0.2, 0.25) is 0 Å². The van der Waals surface area contributed by atoms with Gasteiger partial charge in [-0.15, -0.1) is 11.3 Å². The highest BCUT2D eigenvalue weighted by Crippen LogP contribution is 2.36. The van der Waals surface area contributed by atoms with Crippen molar-refractivity contribution in [1.29, 1.82) is 0 Å². The number of benzene rings is 1. The van der Waals surface area contributed by atoms with Gasteiger partial charge in [0.25, 0.3) is 11.8 Å². The smallest absolute Gasteiger partial charge is 0.291 e. The lowest BCUT2D eigenvalue weighted by atomic mass is 9.99. The number of amides is 2. The molecule has 3 rings (SSSR count). The summed E-state index contributed by atoms with van der Waals surface area (Å²) in [7, 11) is 0. The van der Waals surface area contributed by atoms with Gasteiger partial charge in [0, 0.05) is 10.9 Å². The minimum absolute atomic E-state index is 0.173. The van der Waals surface area contributed by atoms with E-state index >= 15 is 0 Å². The standard InChI is InChI=1S/C18H16N2O3S/c1-10-5-6-12(8-11(10)2)13-9-24-18(15(13)16(19)21)20-17(22)14-4-3-7-23-14/h3-9H,1-2H3,(H2,19,21)(H,20,22). The Kier molecular flexibility index (Phi) is 4.22. The highest BCUT2D eigenvalue weighted by Gasteiger charge is 2.21. The molecule has 3 aromatic rings. The minimum Gasteiger partial charge on any atom is -0.459 e. The summed E-state index contributed by atoms with van der Waals surface area (Å²) in [4.78, 5) is 24.1. The van der Waals surface area contributed by atoms with E-state index in [2.05, 4.69) is 5.32 Å². The molecule has 0 radical (unpaired) electrons. The normalized spacial score (nSPS) is 10.6. The number of rotatable bonds is 4. The number of furan rings is 1. The van der Waals surface area contributed by atoms with Gasteiger partial charge in [-0.25, -0.2) is 0 Å². The maximum atomic E-state index is 12.1. The number of carbonyl (C=O) groups is 2. The molecule has 0 aliphatic heterocycles. The molecular weight excluding hydrogens is 324 g/mol. The highest BCUT2D eigenvalue weighted by molar-refractivity contribution is 7.15. The average Bonchev–Trinajstić information content (AvgIpc) is 3.19. The van der Waals surface area contributed by atoms with Crippen molar-refractivity contribution in [2.75, 3.05) is 5.32 Å². The van der Waals surface area contributed by atoms with Crippen molar-refractivity contribution in [2.24, 2.45) is 5.73 Å². The molecule has 122 valence electrons. The van der Waals surface area contributed by atoms with Gasteiger partial charge < -0.3 is 15.5 Å². The van der Waals surface area contributed by atoms with Crippen molar-refractivity contribution in [2.45, 2.75) is 13.8 Å². The molecule has 0 atom stereocenters. The van der Waals surface area contributed by atoms with Crippen LogP contribution in [-0.4, -0.2) is 11.8 Å². The fourth-order valence-corrected chi connectivity index (χ4v) is 3.36. The maximum absolute atomic E-state index is 12.1. The second-order valence-electron chi connectivity index (χ2n) is 5.45. The maximum Gasteiger partial charge on any atom is 0.291 e. The number of thiophene rings is 1. The third-order valence-corrected chi connectivity index (χ3v) is 4.72. The Balaban J connectivity index is 2.00. The Morgan fingerprint density at radius 3 is 2.58 bits per heavy atom. The monoisotopic (exact) mass is 340 g/mol. The summed E-state index contributed by atoms with van der Waals surface area (Å²) in [5, 5.41) is 4.93. The van der Waals surface area contributed by atoms with Gasteiger partial charge >= 0.3 is 0 Å². The topological polar surface area (TPSA) is 85.3 Å². The second-order valence-corrected chi connectivity index (χ2v) is 6.33. The number of nitrogens with one attached hydrogen (secondary N) is 1. The molecular formula is C18H16N2O3S. The summed E-state index contributed by atoms with van der Waals surface area (Å²) in [5.41, 5.74) is 9.75. The van der Waals surface area contributed by atoms with Gasteiger partial charge in [-0.3, -0.25) is 9.59 Å². The Bertz CT molecular complexity index is 910. The molecule has 2 heterocycles. The molecule has 0 unspecified atom stereocenters. The summed E-state index contributed by atoms with van der Waals surface area (Å²) in [5.74, 6) is -0.832. The van der Waals surface area contributed by atoms with Gasteiger partial charge in [0.1, 0.15) is 5.00 Å². The van der Waals surface area contributed by atoms with Crippen LogP contribution in [0.25, 0.3) is 11.1 Å². The van der Waals surface area contributed by atoms with E-state index in [1.807, 2.05) is 37.4 Å². The largest absolute Gasteiger partial charge is 0.459 e. The lowest BCUT2D eigenvalue weighted by molar-refractivity contribution is 0.0997. The van der Waals surface area contributed by atoms with Gasteiger partial charge in [-0.1, -0.05) is 18.2 Å². The Hall–Kier alpha value is -2.86. The molecule has 2 aromatic heterocycles. The number of anilines is 1.